The molecule has 3 atom stereocenters. The number of hydrogen-bond acceptors (Lipinski definition) is 6. The minimum Gasteiger partial charge on any atom is -0.320 e. The fraction of sp³-hybridized carbons (Fsp3) is 0.231. The standard InChI is InChI=1S/C26H25N6O3S/c1-16(27)24(33)31-30-23-25(34)32(31,2)20-12-6-11-19(21(20)22(28-23)17-8-4-3-5-9-17)29(26(30)35)14-13-18-10-7-15-36-18/h3-12,15-16,23H,13-14,27H2,1-2H3/q+1/t16-,23?,32+/m0/s1. The Morgan fingerprint density at radius 2 is 1.89 bits per heavy atom. The topological polar surface area (TPSA) is 99.3 Å². The number of carbonyl (C=O) groups is 3. The first kappa shape index (κ1) is 22.6. The number of fused-ring (bicyclic) bond motifs is 1. The van der Waals surface area contributed by atoms with E-state index in [1.165, 1.54) is 10.1 Å². The first-order valence-electron chi connectivity index (χ1n) is 11.7. The van der Waals surface area contributed by atoms with Crippen LogP contribution in [-0.4, -0.2) is 59.5 Å². The molecule has 7 rings (SSSR count). The zero-order valence-electron chi connectivity index (χ0n) is 19.9. The van der Waals surface area contributed by atoms with Crippen LogP contribution < -0.4 is 15.2 Å². The summed E-state index contributed by atoms with van der Waals surface area (Å²) in [6.45, 7) is 1.93. The molecule has 0 aliphatic carbocycles. The second-order valence-corrected chi connectivity index (χ2v) is 10.2. The molecule has 0 radical (unpaired) electrons. The van der Waals surface area contributed by atoms with Crippen LogP contribution >= 0.6 is 11.3 Å². The van der Waals surface area contributed by atoms with Crippen molar-refractivity contribution in [3.63, 3.8) is 0 Å². The number of nitrogens with zero attached hydrogens (tertiary/aromatic N) is 5. The number of rotatable bonds is 5. The number of nitrogens with two attached hydrogens (primary N) is 1. The second kappa shape index (κ2) is 8.09. The maximum Gasteiger partial charge on any atom is 0.391 e. The van der Waals surface area contributed by atoms with E-state index in [-0.39, 0.29) is 5.91 Å². The lowest BCUT2D eigenvalue weighted by molar-refractivity contribution is -0.166. The van der Waals surface area contributed by atoms with E-state index < -0.39 is 28.7 Å². The molecule has 6 bridgehead atoms. The molecule has 4 aliphatic rings. The summed E-state index contributed by atoms with van der Waals surface area (Å²) in [5.74, 6) is -0.918. The highest BCUT2D eigenvalue weighted by molar-refractivity contribution is 7.09. The number of anilines is 1. The fourth-order valence-corrected chi connectivity index (χ4v) is 5.90. The summed E-state index contributed by atoms with van der Waals surface area (Å²) in [6, 6.07) is 17.8. The van der Waals surface area contributed by atoms with Crippen molar-refractivity contribution in [3.05, 3.63) is 82.0 Å². The quantitative estimate of drug-likeness (QED) is 0.544. The Balaban J connectivity index is 1.64. The molecule has 10 heteroatoms. The summed E-state index contributed by atoms with van der Waals surface area (Å²) in [7, 11) is 1.64. The van der Waals surface area contributed by atoms with Crippen LogP contribution in [0.5, 0.6) is 0 Å². The summed E-state index contributed by atoms with van der Waals surface area (Å²) in [6.07, 6.45) is -0.574. The highest BCUT2D eigenvalue weighted by atomic mass is 32.1. The molecule has 1 saturated heterocycles. The number of amides is 4. The number of hydrazine groups is 1. The lowest BCUT2D eigenvalue weighted by atomic mass is 9.97. The molecule has 0 saturated carbocycles. The third-order valence-corrected chi connectivity index (χ3v) is 7.89. The van der Waals surface area contributed by atoms with E-state index in [0.29, 0.717) is 35.6 Å². The van der Waals surface area contributed by atoms with Gasteiger partial charge in [-0.25, -0.2) is 14.6 Å². The van der Waals surface area contributed by atoms with Gasteiger partial charge in [-0.2, -0.15) is 0 Å². The van der Waals surface area contributed by atoms with Gasteiger partial charge >= 0.3 is 17.8 Å². The van der Waals surface area contributed by atoms with E-state index in [4.69, 9.17) is 10.7 Å². The lowest BCUT2D eigenvalue weighted by Crippen LogP contribution is -2.68. The van der Waals surface area contributed by atoms with Gasteiger partial charge in [0.15, 0.2) is 5.69 Å². The monoisotopic (exact) mass is 501 g/mol. The third-order valence-electron chi connectivity index (χ3n) is 6.96. The number of likely N-dealkylation sites (N-methyl/N-ethyl adjacent to an activating group) is 1. The molecule has 1 fully saturated rings. The zero-order chi connectivity index (χ0) is 25.2. The van der Waals surface area contributed by atoms with Crippen LogP contribution in [0.4, 0.5) is 16.2 Å². The number of thiophene rings is 1. The summed E-state index contributed by atoms with van der Waals surface area (Å²) in [5.41, 5.74) is 9.37. The maximum absolute atomic E-state index is 14.2. The van der Waals surface area contributed by atoms with Gasteiger partial charge in [0, 0.05) is 23.1 Å². The van der Waals surface area contributed by atoms with Crippen molar-refractivity contribution in [1.29, 1.82) is 0 Å². The van der Waals surface area contributed by atoms with Crippen molar-refractivity contribution in [2.45, 2.75) is 25.6 Å². The van der Waals surface area contributed by atoms with E-state index in [0.717, 1.165) is 10.4 Å². The normalized spacial score (nSPS) is 23.0. The van der Waals surface area contributed by atoms with Gasteiger partial charge in [-0.15, -0.1) is 20.9 Å². The van der Waals surface area contributed by atoms with Crippen molar-refractivity contribution in [3.8, 4) is 0 Å². The van der Waals surface area contributed by atoms with E-state index in [1.807, 2.05) is 66.0 Å². The molecule has 1 unspecified atom stereocenters. The van der Waals surface area contributed by atoms with Gasteiger partial charge in [-0.1, -0.05) is 47.6 Å². The van der Waals surface area contributed by atoms with Gasteiger partial charge in [0.25, 0.3) is 6.17 Å². The molecule has 4 aliphatic heterocycles. The summed E-state index contributed by atoms with van der Waals surface area (Å²) >= 11 is 1.62. The molecule has 3 aromatic rings. The first-order chi connectivity index (χ1) is 17.3. The second-order valence-electron chi connectivity index (χ2n) is 9.21. The average Bonchev–Trinajstić information content (AvgIpc) is 3.45. The number of aliphatic imine (C=N–C) groups is 1. The smallest absolute Gasteiger partial charge is 0.320 e. The first-order valence-corrected chi connectivity index (χ1v) is 12.6. The van der Waals surface area contributed by atoms with Gasteiger partial charge in [-0.3, -0.25) is 9.69 Å². The van der Waals surface area contributed by atoms with Gasteiger partial charge in [-0.05, 0) is 30.9 Å². The van der Waals surface area contributed by atoms with Crippen LogP contribution in [0.25, 0.3) is 0 Å². The molecule has 36 heavy (non-hydrogen) atoms. The molecule has 5 heterocycles. The van der Waals surface area contributed by atoms with Crippen molar-refractivity contribution in [2.24, 2.45) is 10.7 Å². The van der Waals surface area contributed by atoms with Gasteiger partial charge < -0.3 is 5.73 Å². The Bertz CT molecular complexity index is 1420. The van der Waals surface area contributed by atoms with E-state index in [2.05, 4.69) is 0 Å². The van der Waals surface area contributed by atoms with Crippen molar-refractivity contribution >= 4 is 46.3 Å². The Morgan fingerprint density at radius 3 is 2.58 bits per heavy atom. The summed E-state index contributed by atoms with van der Waals surface area (Å²) in [4.78, 5) is 49.3. The predicted octanol–water partition coefficient (Wildman–Crippen LogP) is 2.89. The van der Waals surface area contributed by atoms with Gasteiger partial charge in [0.05, 0.1) is 23.0 Å². The summed E-state index contributed by atoms with van der Waals surface area (Å²) in [5, 5.41) is 4.40. The van der Waals surface area contributed by atoms with E-state index in [1.54, 1.807) is 30.2 Å². The van der Waals surface area contributed by atoms with Gasteiger partial charge in [0.2, 0.25) is 0 Å². The van der Waals surface area contributed by atoms with Crippen LogP contribution in [0.15, 0.2) is 71.0 Å². The van der Waals surface area contributed by atoms with Crippen LogP contribution in [0.2, 0.25) is 0 Å². The average molecular weight is 502 g/mol. The third kappa shape index (κ3) is 3.01. The molecule has 0 spiro atoms. The molecule has 2 aromatic carbocycles. The molecular formula is C26H25N6O3S+. The van der Waals surface area contributed by atoms with Crippen LogP contribution in [0.3, 0.4) is 0 Å². The number of carbonyl (C=O) groups excluding carboxylic acids is 3. The molecular weight excluding hydrogens is 476 g/mol. The Morgan fingerprint density at radius 1 is 1.11 bits per heavy atom. The van der Waals surface area contributed by atoms with E-state index in [9.17, 15) is 14.4 Å². The number of benzene rings is 2. The van der Waals surface area contributed by atoms with Crippen LogP contribution in [0.1, 0.15) is 22.9 Å². The zero-order valence-corrected chi connectivity index (χ0v) is 20.7. The Kier molecular flexibility index (Phi) is 5.08. The van der Waals surface area contributed by atoms with Crippen molar-refractivity contribution < 1.29 is 14.4 Å². The largest absolute Gasteiger partial charge is 0.391 e. The minimum atomic E-state index is -1.20. The SMILES string of the molecule is C[C@H](N)C(=O)N1N2C(=O)N(CCc3cccs3)c3cccc4c3C(c3ccccc3)=NC2C(=O)[N@@+]41C. The van der Waals surface area contributed by atoms with E-state index >= 15 is 0 Å². The molecule has 4 amide bonds. The molecule has 2 N–H and O–H groups in total. The lowest BCUT2D eigenvalue weighted by Gasteiger charge is -2.42. The van der Waals surface area contributed by atoms with Crippen molar-refractivity contribution in [2.75, 3.05) is 18.5 Å². The molecule has 1 aromatic heterocycles. The Labute approximate surface area is 212 Å². The molecule has 9 nitrogen and oxygen atoms in total. The van der Waals surface area contributed by atoms with Crippen LogP contribution in [0, 0.1) is 0 Å². The highest BCUT2D eigenvalue weighted by Crippen LogP contribution is 2.47. The fourth-order valence-electron chi connectivity index (χ4n) is 5.20. The maximum atomic E-state index is 14.2. The summed E-state index contributed by atoms with van der Waals surface area (Å²) < 4.78 is -0.529. The van der Waals surface area contributed by atoms with Crippen molar-refractivity contribution in [1.82, 2.24) is 14.7 Å². The van der Waals surface area contributed by atoms with Gasteiger partial charge in [0.1, 0.15) is 7.05 Å². The Hall–Kier alpha value is -3.86. The minimum absolute atomic E-state index is 0.374. The predicted molar refractivity (Wildman–Crippen MR) is 138 cm³/mol. The number of hydrogen-bond donors (Lipinski definition) is 1. The highest BCUT2D eigenvalue weighted by Gasteiger charge is 2.67. The number of urea groups is 1. The molecule has 182 valence electrons. The number of quaternary nitrogens is 1. The van der Waals surface area contributed by atoms with Crippen LogP contribution in [-0.2, 0) is 16.0 Å².